The second kappa shape index (κ2) is 4.61. The number of anilines is 1. The van der Waals surface area contributed by atoms with Gasteiger partial charge in [-0.05, 0) is 24.3 Å². The zero-order chi connectivity index (χ0) is 11.5. The minimum atomic E-state index is -0.0219. The number of aromatic hydroxyl groups is 1. The van der Waals surface area contributed by atoms with Crippen molar-refractivity contribution >= 4 is 23.3 Å². The molecule has 0 saturated carbocycles. The molecule has 0 aromatic heterocycles. The highest BCUT2D eigenvalue weighted by Crippen LogP contribution is 2.22. The van der Waals surface area contributed by atoms with Crippen molar-refractivity contribution in [1.82, 2.24) is 4.90 Å². The van der Waals surface area contributed by atoms with Gasteiger partial charge in [0.15, 0.2) is 0 Å². The number of carbonyl (C=O) groups is 1. The van der Waals surface area contributed by atoms with Gasteiger partial charge in [-0.1, -0.05) is 0 Å². The average Bonchev–Trinajstić information content (AvgIpc) is 2.63. The highest BCUT2D eigenvalue weighted by atomic mass is 35.5. The maximum atomic E-state index is 11.9. The second-order valence-electron chi connectivity index (χ2n) is 3.63. The molecule has 1 aliphatic rings. The van der Waals surface area contributed by atoms with Crippen LogP contribution in [0.1, 0.15) is 0 Å². The third-order valence-electron chi connectivity index (χ3n) is 2.61. The van der Waals surface area contributed by atoms with Gasteiger partial charge in [0.1, 0.15) is 5.75 Å². The van der Waals surface area contributed by atoms with E-state index >= 15 is 0 Å². The van der Waals surface area contributed by atoms with Gasteiger partial charge in [0.05, 0.1) is 0 Å². The Morgan fingerprint density at radius 2 is 1.94 bits per heavy atom. The van der Waals surface area contributed by atoms with E-state index in [1.807, 2.05) is 0 Å². The number of hydrogen-bond donors (Lipinski definition) is 1. The first-order valence-electron chi connectivity index (χ1n) is 5.14. The number of phenols is 1. The third-order valence-corrected chi connectivity index (χ3v) is 2.78. The largest absolute Gasteiger partial charge is 0.508 e. The number of halogens is 1. The fraction of sp³-hybridized carbons (Fsp3) is 0.364. The molecule has 86 valence electrons. The SMILES string of the molecule is O=C1N(CCCl)CCN1c1ccc(O)cc1. The number of hydrogen-bond acceptors (Lipinski definition) is 2. The first-order chi connectivity index (χ1) is 7.72. The lowest BCUT2D eigenvalue weighted by molar-refractivity contribution is 0.223. The highest BCUT2D eigenvalue weighted by molar-refractivity contribution is 6.18. The van der Waals surface area contributed by atoms with E-state index in [1.165, 1.54) is 0 Å². The summed E-state index contributed by atoms with van der Waals surface area (Å²) >= 11 is 5.62. The van der Waals surface area contributed by atoms with Gasteiger partial charge in [-0.25, -0.2) is 4.79 Å². The van der Waals surface area contributed by atoms with Crippen LogP contribution in [0.2, 0.25) is 0 Å². The summed E-state index contributed by atoms with van der Waals surface area (Å²) in [7, 11) is 0. The number of amides is 2. The molecular weight excluding hydrogens is 228 g/mol. The molecule has 2 rings (SSSR count). The Kier molecular flexibility index (Phi) is 3.19. The molecule has 0 spiro atoms. The number of nitrogens with zero attached hydrogens (tertiary/aromatic N) is 2. The Bertz CT molecular complexity index is 380. The lowest BCUT2D eigenvalue weighted by Gasteiger charge is -2.17. The monoisotopic (exact) mass is 240 g/mol. The topological polar surface area (TPSA) is 43.8 Å². The standard InChI is InChI=1S/C11H13ClN2O2/c12-5-6-13-7-8-14(11(13)16)9-1-3-10(15)4-2-9/h1-4,15H,5-8H2. The van der Waals surface area contributed by atoms with Gasteiger partial charge >= 0.3 is 6.03 Å². The minimum absolute atomic E-state index is 0.0219. The van der Waals surface area contributed by atoms with Gasteiger partial charge in [-0.2, -0.15) is 0 Å². The summed E-state index contributed by atoms with van der Waals surface area (Å²) in [6.45, 7) is 1.95. The number of urea groups is 1. The van der Waals surface area contributed by atoms with Gasteiger partial charge in [-0.15, -0.1) is 11.6 Å². The first-order valence-corrected chi connectivity index (χ1v) is 5.67. The number of alkyl halides is 1. The number of benzene rings is 1. The van der Waals surface area contributed by atoms with Crippen molar-refractivity contribution in [3.8, 4) is 5.75 Å². The van der Waals surface area contributed by atoms with E-state index in [0.29, 0.717) is 25.5 Å². The molecule has 0 bridgehead atoms. The number of carbonyl (C=O) groups excluding carboxylic acids is 1. The van der Waals surface area contributed by atoms with Crippen LogP contribution in [-0.2, 0) is 0 Å². The van der Waals surface area contributed by atoms with Crippen molar-refractivity contribution in [1.29, 1.82) is 0 Å². The van der Waals surface area contributed by atoms with E-state index in [-0.39, 0.29) is 11.8 Å². The van der Waals surface area contributed by atoms with Crippen LogP contribution >= 0.6 is 11.6 Å². The van der Waals surface area contributed by atoms with Gasteiger partial charge in [-0.3, -0.25) is 4.90 Å². The van der Waals surface area contributed by atoms with Crippen molar-refractivity contribution in [3.05, 3.63) is 24.3 Å². The molecule has 1 aliphatic heterocycles. The van der Waals surface area contributed by atoms with Gasteiger partial charge < -0.3 is 10.0 Å². The van der Waals surface area contributed by atoms with Crippen molar-refractivity contribution in [2.45, 2.75) is 0 Å². The Morgan fingerprint density at radius 1 is 1.25 bits per heavy atom. The van der Waals surface area contributed by atoms with E-state index < -0.39 is 0 Å². The van der Waals surface area contributed by atoms with E-state index in [4.69, 9.17) is 11.6 Å². The Labute approximate surface area is 99.0 Å². The molecule has 1 aromatic carbocycles. The second-order valence-corrected chi connectivity index (χ2v) is 4.00. The molecule has 4 nitrogen and oxygen atoms in total. The molecule has 0 unspecified atom stereocenters. The van der Waals surface area contributed by atoms with E-state index in [0.717, 1.165) is 5.69 Å². The van der Waals surface area contributed by atoms with Crippen molar-refractivity contribution in [2.24, 2.45) is 0 Å². The summed E-state index contributed by atoms with van der Waals surface area (Å²) in [4.78, 5) is 15.3. The van der Waals surface area contributed by atoms with Crippen molar-refractivity contribution < 1.29 is 9.90 Å². The summed E-state index contributed by atoms with van der Waals surface area (Å²) in [5.74, 6) is 0.655. The molecule has 5 heteroatoms. The molecule has 0 radical (unpaired) electrons. The number of phenolic OH excluding ortho intramolecular Hbond substituents is 1. The summed E-state index contributed by atoms with van der Waals surface area (Å²) in [5, 5.41) is 9.17. The van der Waals surface area contributed by atoms with Crippen LogP contribution in [0.15, 0.2) is 24.3 Å². The maximum Gasteiger partial charge on any atom is 0.324 e. The predicted octanol–water partition coefficient (Wildman–Crippen LogP) is 1.87. The molecule has 1 aromatic rings. The molecule has 0 atom stereocenters. The Balaban J connectivity index is 2.12. The van der Waals surface area contributed by atoms with Crippen molar-refractivity contribution in [2.75, 3.05) is 30.4 Å². The van der Waals surface area contributed by atoms with Gasteiger partial charge in [0.2, 0.25) is 0 Å². The first kappa shape index (κ1) is 11.1. The van der Waals surface area contributed by atoms with Crippen LogP contribution in [0.25, 0.3) is 0 Å². The molecular formula is C11H13ClN2O2. The van der Waals surface area contributed by atoms with E-state index in [2.05, 4.69) is 0 Å². The molecule has 1 N–H and O–H groups in total. The number of rotatable bonds is 3. The third kappa shape index (κ3) is 2.07. The zero-order valence-corrected chi connectivity index (χ0v) is 9.52. The summed E-state index contributed by atoms with van der Waals surface area (Å²) < 4.78 is 0. The summed E-state index contributed by atoms with van der Waals surface area (Å²) in [5.41, 5.74) is 0.805. The lowest BCUT2D eigenvalue weighted by atomic mass is 10.3. The van der Waals surface area contributed by atoms with Crippen LogP contribution in [0, 0.1) is 0 Å². The van der Waals surface area contributed by atoms with Gasteiger partial charge in [0.25, 0.3) is 0 Å². The summed E-state index contributed by atoms with van der Waals surface area (Å²) in [6, 6.07) is 6.60. The molecule has 16 heavy (non-hydrogen) atoms. The molecule has 2 amide bonds. The van der Waals surface area contributed by atoms with Crippen LogP contribution in [0.3, 0.4) is 0 Å². The predicted molar refractivity (Wildman–Crippen MR) is 63.1 cm³/mol. The quantitative estimate of drug-likeness (QED) is 0.820. The van der Waals surface area contributed by atoms with Crippen molar-refractivity contribution in [3.63, 3.8) is 0 Å². The highest BCUT2D eigenvalue weighted by Gasteiger charge is 2.28. The normalized spacial score (nSPS) is 15.9. The molecule has 0 aliphatic carbocycles. The van der Waals surface area contributed by atoms with E-state index in [9.17, 15) is 9.90 Å². The fourth-order valence-corrected chi connectivity index (χ4v) is 1.97. The maximum absolute atomic E-state index is 11.9. The molecule has 1 fully saturated rings. The lowest BCUT2D eigenvalue weighted by Crippen LogP contribution is -2.32. The molecule has 1 heterocycles. The Hall–Kier alpha value is -1.42. The van der Waals surface area contributed by atoms with E-state index in [1.54, 1.807) is 34.1 Å². The molecule has 1 saturated heterocycles. The Morgan fingerprint density at radius 3 is 2.56 bits per heavy atom. The summed E-state index contributed by atoms with van der Waals surface area (Å²) in [6.07, 6.45) is 0. The zero-order valence-electron chi connectivity index (χ0n) is 8.77. The fourth-order valence-electron chi connectivity index (χ4n) is 1.76. The average molecular weight is 241 g/mol. The van der Waals surface area contributed by atoms with Crippen LogP contribution < -0.4 is 4.90 Å². The van der Waals surface area contributed by atoms with Crippen LogP contribution in [-0.4, -0.2) is 41.6 Å². The van der Waals surface area contributed by atoms with Crippen LogP contribution in [0.4, 0.5) is 10.5 Å². The minimum Gasteiger partial charge on any atom is -0.508 e. The van der Waals surface area contributed by atoms with Crippen LogP contribution in [0.5, 0.6) is 5.75 Å². The van der Waals surface area contributed by atoms with Gasteiger partial charge in [0, 0.05) is 31.2 Å². The smallest absolute Gasteiger partial charge is 0.324 e.